The van der Waals surface area contributed by atoms with Crippen molar-refractivity contribution in [3.05, 3.63) is 0 Å². The zero-order valence-corrected chi connectivity index (χ0v) is 13.4. The van der Waals surface area contributed by atoms with Crippen molar-refractivity contribution < 1.29 is 18.8 Å². The van der Waals surface area contributed by atoms with Crippen molar-refractivity contribution in [2.24, 2.45) is 0 Å². The second-order valence-electron chi connectivity index (χ2n) is 4.88. The Kier molecular flexibility index (Phi) is 7.54. The van der Waals surface area contributed by atoms with E-state index in [4.69, 9.17) is 19.6 Å². The van der Waals surface area contributed by atoms with E-state index in [-0.39, 0.29) is 38.1 Å². The first kappa shape index (κ1) is 19.2. The van der Waals surface area contributed by atoms with Gasteiger partial charge in [-0.05, 0) is 0 Å². The number of nitriles is 2. The van der Waals surface area contributed by atoms with Gasteiger partial charge in [0.1, 0.15) is 0 Å². The maximum absolute atomic E-state index is 10.7. The molecular formula is C12H24N3O4P. The van der Waals surface area contributed by atoms with E-state index < -0.39 is 7.66 Å². The first-order chi connectivity index (χ1) is 9.18. The molecule has 8 heteroatoms. The first-order valence-electron chi connectivity index (χ1n) is 6.52. The van der Waals surface area contributed by atoms with Gasteiger partial charge in [-0.15, -0.1) is 0 Å². The number of rotatable bonds is 9. The molecule has 2 N–H and O–H groups in total. The summed E-state index contributed by atoms with van der Waals surface area (Å²) in [4.78, 5) is 21.4. The van der Waals surface area contributed by atoms with Crippen molar-refractivity contribution >= 4 is 7.66 Å². The quantitative estimate of drug-likeness (QED) is 0.495. The maximum atomic E-state index is 10.7. The van der Waals surface area contributed by atoms with Crippen LogP contribution in [0.4, 0.5) is 0 Å². The zero-order valence-electron chi connectivity index (χ0n) is 12.5. The Morgan fingerprint density at radius 2 is 1.30 bits per heavy atom. The van der Waals surface area contributed by atoms with Gasteiger partial charge in [0.05, 0.1) is 0 Å². The SMILES string of the molecule is CC(C)N(C(C)C)P(O)(O)(OCCC#N)OCCC#N. The van der Waals surface area contributed by atoms with Crippen LogP contribution < -0.4 is 0 Å². The van der Waals surface area contributed by atoms with Gasteiger partial charge in [0.25, 0.3) is 0 Å². The summed E-state index contributed by atoms with van der Waals surface area (Å²) in [6, 6.07) is 3.25. The summed E-state index contributed by atoms with van der Waals surface area (Å²) in [6.45, 7) is 6.85. The van der Waals surface area contributed by atoms with Crippen molar-refractivity contribution in [3.63, 3.8) is 0 Å². The number of nitrogens with zero attached hydrogens (tertiary/aromatic N) is 3. The third-order valence-corrected chi connectivity index (χ3v) is 5.50. The van der Waals surface area contributed by atoms with Gasteiger partial charge in [0.2, 0.25) is 0 Å². The average molecular weight is 305 g/mol. The molecule has 0 rings (SSSR count). The Balaban J connectivity index is 5.29. The monoisotopic (exact) mass is 305 g/mol. The molecule has 0 amide bonds. The Labute approximate surface area is 120 Å². The van der Waals surface area contributed by atoms with E-state index in [2.05, 4.69) is 0 Å². The van der Waals surface area contributed by atoms with Crippen LogP contribution >= 0.6 is 7.66 Å². The molecule has 0 aliphatic heterocycles. The minimum absolute atomic E-state index is 0.0185. The minimum atomic E-state index is -5.04. The fraction of sp³-hybridized carbons (Fsp3) is 0.833. The molecule has 0 aliphatic rings. The van der Waals surface area contributed by atoms with Gasteiger partial charge in [0.15, 0.2) is 0 Å². The van der Waals surface area contributed by atoms with Crippen molar-refractivity contribution in [3.8, 4) is 12.1 Å². The van der Waals surface area contributed by atoms with Gasteiger partial charge in [0, 0.05) is 0 Å². The van der Waals surface area contributed by atoms with Gasteiger partial charge in [-0.25, -0.2) is 0 Å². The molecule has 0 fully saturated rings. The summed E-state index contributed by atoms with van der Waals surface area (Å²) in [5, 5.41) is 17.1. The summed E-state index contributed by atoms with van der Waals surface area (Å²) in [7, 11) is -5.04. The second kappa shape index (κ2) is 7.85. The molecule has 0 unspecified atom stereocenters. The first-order valence-corrected chi connectivity index (χ1v) is 8.45. The van der Waals surface area contributed by atoms with Crippen LogP contribution in [0.15, 0.2) is 0 Å². The molecule has 20 heavy (non-hydrogen) atoms. The molecule has 0 atom stereocenters. The van der Waals surface area contributed by atoms with E-state index in [1.165, 1.54) is 4.67 Å². The Hall–Kier alpha value is -0.790. The predicted octanol–water partition coefficient (Wildman–Crippen LogP) is 2.08. The van der Waals surface area contributed by atoms with Crippen LogP contribution in [0.2, 0.25) is 0 Å². The Morgan fingerprint density at radius 1 is 0.950 bits per heavy atom. The normalized spacial score (nSPS) is 14.1. The molecule has 0 aromatic rings. The van der Waals surface area contributed by atoms with Crippen molar-refractivity contribution in [1.82, 2.24) is 4.67 Å². The van der Waals surface area contributed by atoms with Gasteiger partial charge >= 0.3 is 120 Å². The molecule has 7 nitrogen and oxygen atoms in total. The fourth-order valence-electron chi connectivity index (χ4n) is 2.06. The molecule has 0 saturated carbocycles. The zero-order chi connectivity index (χ0) is 15.8. The molecule has 0 aliphatic carbocycles. The molecule has 0 spiro atoms. The molecule has 0 heterocycles. The van der Waals surface area contributed by atoms with Crippen LogP contribution in [0, 0.1) is 22.7 Å². The molecule has 116 valence electrons. The van der Waals surface area contributed by atoms with E-state index in [1.54, 1.807) is 27.7 Å². The second-order valence-corrected chi connectivity index (χ2v) is 7.53. The summed E-state index contributed by atoms with van der Waals surface area (Å²) in [5.41, 5.74) is 0. The summed E-state index contributed by atoms with van der Waals surface area (Å²) < 4.78 is 11.8. The Morgan fingerprint density at radius 3 is 1.55 bits per heavy atom. The summed E-state index contributed by atoms with van der Waals surface area (Å²) >= 11 is 0. The van der Waals surface area contributed by atoms with Gasteiger partial charge in [-0.2, -0.15) is 0 Å². The topological polar surface area (TPSA) is 110 Å². The summed E-state index contributed by atoms with van der Waals surface area (Å²) in [5.74, 6) is 0. The van der Waals surface area contributed by atoms with Crippen LogP contribution in [0.3, 0.4) is 0 Å². The van der Waals surface area contributed by atoms with E-state index in [0.717, 1.165) is 0 Å². The average Bonchev–Trinajstić information content (AvgIpc) is 2.27. The Bertz CT molecular complexity index is 355. The van der Waals surface area contributed by atoms with Crippen LogP contribution in [-0.2, 0) is 9.05 Å². The van der Waals surface area contributed by atoms with Crippen molar-refractivity contribution in [2.45, 2.75) is 52.6 Å². The van der Waals surface area contributed by atoms with Gasteiger partial charge in [-0.1, -0.05) is 0 Å². The van der Waals surface area contributed by atoms with E-state index in [0.29, 0.717) is 0 Å². The predicted molar refractivity (Wildman–Crippen MR) is 75.8 cm³/mol. The summed E-state index contributed by atoms with van der Waals surface area (Å²) in [6.07, 6.45) is 0.0370. The molecule has 0 radical (unpaired) electrons. The fourth-order valence-corrected chi connectivity index (χ4v) is 4.80. The molecule has 0 aromatic heterocycles. The molecule has 0 bridgehead atoms. The van der Waals surface area contributed by atoms with Crippen molar-refractivity contribution in [2.75, 3.05) is 13.2 Å². The van der Waals surface area contributed by atoms with E-state index >= 15 is 0 Å². The van der Waals surface area contributed by atoms with Crippen LogP contribution in [0.1, 0.15) is 40.5 Å². The van der Waals surface area contributed by atoms with Crippen molar-refractivity contribution in [1.29, 1.82) is 10.5 Å². The number of hydrogen-bond acceptors (Lipinski definition) is 7. The van der Waals surface area contributed by atoms with Crippen LogP contribution in [0.5, 0.6) is 0 Å². The van der Waals surface area contributed by atoms with E-state index in [9.17, 15) is 9.79 Å². The number of hydrogen-bond donors (Lipinski definition) is 2. The van der Waals surface area contributed by atoms with E-state index in [1.807, 2.05) is 12.1 Å². The van der Waals surface area contributed by atoms with Gasteiger partial charge < -0.3 is 0 Å². The van der Waals surface area contributed by atoms with Gasteiger partial charge in [-0.3, -0.25) is 0 Å². The third kappa shape index (κ3) is 5.30. The van der Waals surface area contributed by atoms with Crippen LogP contribution in [0.25, 0.3) is 0 Å². The standard InChI is InChI=1S/C12H24N3O4P/c1-11(2)15(12(3)4)20(16,17,18-9-5-7-13)19-10-6-8-14/h11-12,16-17H,5-6,9-10H2,1-4H3. The molecule has 0 aromatic carbocycles. The third-order valence-electron chi connectivity index (χ3n) is 2.52. The van der Waals surface area contributed by atoms with Crippen LogP contribution in [-0.4, -0.2) is 39.8 Å². The molecule has 0 saturated heterocycles. The molecular weight excluding hydrogens is 281 g/mol.